The normalized spacial score (nSPS) is 17.7. The lowest BCUT2D eigenvalue weighted by atomic mass is 10.1. The van der Waals surface area contributed by atoms with E-state index in [1.807, 2.05) is 13.8 Å². The lowest BCUT2D eigenvalue weighted by Gasteiger charge is -2.12. The van der Waals surface area contributed by atoms with Gasteiger partial charge in [-0.25, -0.2) is 4.39 Å². The van der Waals surface area contributed by atoms with Gasteiger partial charge < -0.3 is 15.4 Å². The smallest absolute Gasteiger partial charge is 0.246 e. The minimum absolute atomic E-state index is 0.134. The van der Waals surface area contributed by atoms with Gasteiger partial charge in [-0.15, -0.1) is 0 Å². The molecule has 0 aromatic heterocycles. The Labute approximate surface area is 112 Å². The number of amides is 1. The summed E-state index contributed by atoms with van der Waals surface area (Å²) in [6.45, 7) is 5.27. The lowest BCUT2D eigenvalue weighted by Crippen LogP contribution is -2.29. The summed E-state index contributed by atoms with van der Waals surface area (Å²) in [5.41, 5.74) is 1.36. The molecule has 0 bridgehead atoms. The molecular weight excluding hydrogens is 247 g/mol. The van der Waals surface area contributed by atoms with Crippen LogP contribution in [0.15, 0.2) is 18.2 Å². The first-order valence-electron chi connectivity index (χ1n) is 6.53. The second kappa shape index (κ2) is 6.12. The first-order chi connectivity index (χ1) is 9.08. The SMILES string of the molecule is CC(C)OCCCNC1C(=O)Nc2ccc(F)cc21. The van der Waals surface area contributed by atoms with Crippen molar-refractivity contribution in [1.82, 2.24) is 5.32 Å². The Kier molecular flexibility index (Phi) is 4.50. The molecule has 1 aliphatic heterocycles. The topological polar surface area (TPSA) is 50.4 Å². The van der Waals surface area contributed by atoms with Crippen molar-refractivity contribution in [3.8, 4) is 0 Å². The molecule has 1 unspecified atom stereocenters. The minimum atomic E-state index is -0.468. The Hall–Kier alpha value is -1.46. The van der Waals surface area contributed by atoms with Crippen molar-refractivity contribution in [3.63, 3.8) is 0 Å². The molecule has 2 N–H and O–H groups in total. The monoisotopic (exact) mass is 266 g/mol. The van der Waals surface area contributed by atoms with Gasteiger partial charge in [-0.05, 0) is 45.0 Å². The summed E-state index contributed by atoms with van der Waals surface area (Å²) in [6, 6.07) is 3.87. The van der Waals surface area contributed by atoms with Crippen molar-refractivity contribution in [2.24, 2.45) is 0 Å². The molecule has 1 aliphatic rings. The molecule has 1 aromatic carbocycles. The van der Waals surface area contributed by atoms with E-state index in [-0.39, 0.29) is 17.8 Å². The van der Waals surface area contributed by atoms with Crippen LogP contribution in [0.5, 0.6) is 0 Å². The van der Waals surface area contributed by atoms with E-state index < -0.39 is 6.04 Å². The highest BCUT2D eigenvalue weighted by molar-refractivity contribution is 6.02. The predicted octanol–water partition coefficient (Wildman–Crippen LogP) is 2.22. The van der Waals surface area contributed by atoms with Gasteiger partial charge in [-0.1, -0.05) is 0 Å². The van der Waals surface area contributed by atoms with Gasteiger partial charge >= 0.3 is 0 Å². The summed E-state index contributed by atoms with van der Waals surface area (Å²) < 4.78 is 18.6. The molecule has 0 saturated heterocycles. The fourth-order valence-electron chi connectivity index (χ4n) is 2.07. The third-order valence-corrected chi connectivity index (χ3v) is 2.97. The number of benzene rings is 1. The van der Waals surface area contributed by atoms with Gasteiger partial charge in [-0.3, -0.25) is 4.79 Å². The summed E-state index contributed by atoms with van der Waals surface area (Å²) in [5.74, 6) is -0.462. The quantitative estimate of drug-likeness (QED) is 0.776. The molecule has 0 fully saturated rings. The summed E-state index contributed by atoms with van der Waals surface area (Å²) in [7, 11) is 0. The predicted molar refractivity (Wildman–Crippen MR) is 71.5 cm³/mol. The lowest BCUT2D eigenvalue weighted by molar-refractivity contribution is -0.117. The molecule has 5 heteroatoms. The van der Waals surface area contributed by atoms with Crippen LogP contribution in [-0.2, 0) is 9.53 Å². The van der Waals surface area contributed by atoms with Gasteiger partial charge in [0.05, 0.1) is 6.10 Å². The maximum atomic E-state index is 13.2. The average molecular weight is 266 g/mol. The number of halogens is 1. The van der Waals surface area contributed by atoms with Crippen molar-refractivity contribution in [2.45, 2.75) is 32.4 Å². The van der Waals surface area contributed by atoms with E-state index in [1.54, 1.807) is 6.07 Å². The van der Waals surface area contributed by atoms with Crippen LogP contribution >= 0.6 is 0 Å². The van der Waals surface area contributed by atoms with Crippen LogP contribution in [0, 0.1) is 5.82 Å². The first-order valence-corrected chi connectivity index (χ1v) is 6.53. The molecule has 104 valence electrons. The molecule has 19 heavy (non-hydrogen) atoms. The maximum Gasteiger partial charge on any atom is 0.246 e. The van der Waals surface area contributed by atoms with Gasteiger partial charge in [0.2, 0.25) is 5.91 Å². The Morgan fingerprint density at radius 3 is 3.00 bits per heavy atom. The summed E-state index contributed by atoms with van der Waals surface area (Å²) >= 11 is 0. The number of nitrogens with one attached hydrogen (secondary N) is 2. The second-order valence-corrected chi connectivity index (χ2v) is 4.88. The minimum Gasteiger partial charge on any atom is -0.379 e. The van der Waals surface area contributed by atoms with Gasteiger partial charge in [0.1, 0.15) is 11.9 Å². The zero-order valence-electron chi connectivity index (χ0n) is 11.2. The molecule has 4 nitrogen and oxygen atoms in total. The highest BCUT2D eigenvalue weighted by Crippen LogP contribution is 2.30. The van der Waals surface area contributed by atoms with Crippen LogP contribution in [0.4, 0.5) is 10.1 Å². The molecule has 0 saturated carbocycles. The number of hydrogen-bond donors (Lipinski definition) is 2. The van der Waals surface area contributed by atoms with E-state index in [0.717, 1.165) is 6.42 Å². The molecule has 1 heterocycles. The summed E-state index contributed by atoms with van der Waals surface area (Å²) in [5, 5.41) is 5.86. The zero-order chi connectivity index (χ0) is 13.8. The average Bonchev–Trinajstić information content (AvgIpc) is 2.65. The Morgan fingerprint density at radius 1 is 1.47 bits per heavy atom. The molecule has 1 atom stereocenters. The number of carbonyl (C=O) groups excluding carboxylic acids is 1. The molecule has 1 amide bonds. The van der Waals surface area contributed by atoms with Crippen molar-refractivity contribution in [1.29, 1.82) is 0 Å². The van der Waals surface area contributed by atoms with Crippen LogP contribution in [0.25, 0.3) is 0 Å². The van der Waals surface area contributed by atoms with E-state index in [0.29, 0.717) is 24.4 Å². The van der Waals surface area contributed by atoms with Gasteiger partial charge in [0, 0.05) is 17.9 Å². The van der Waals surface area contributed by atoms with Crippen LogP contribution in [0.2, 0.25) is 0 Å². The van der Waals surface area contributed by atoms with Crippen LogP contribution in [-0.4, -0.2) is 25.2 Å². The Balaban J connectivity index is 1.88. The Bertz CT molecular complexity index is 463. The highest BCUT2D eigenvalue weighted by Gasteiger charge is 2.30. The number of anilines is 1. The van der Waals surface area contributed by atoms with Gasteiger partial charge in [0.25, 0.3) is 0 Å². The third kappa shape index (κ3) is 3.52. The van der Waals surface area contributed by atoms with Crippen molar-refractivity contribution in [2.75, 3.05) is 18.5 Å². The molecule has 0 aliphatic carbocycles. The van der Waals surface area contributed by atoms with Crippen LogP contribution in [0.1, 0.15) is 31.9 Å². The fraction of sp³-hybridized carbons (Fsp3) is 0.500. The number of carbonyl (C=O) groups is 1. The largest absolute Gasteiger partial charge is 0.379 e. The van der Waals surface area contributed by atoms with Gasteiger partial charge in [0.15, 0.2) is 0 Å². The van der Waals surface area contributed by atoms with E-state index in [1.165, 1.54) is 12.1 Å². The number of hydrogen-bond acceptors (Lipinski definition) is 3. The molecular formula is C14H19FN2O2. The number of rotatable bonds is 6. The number of fused-ring (bicyclic) bond motifs is 1. The number of ether oxygens (including phenoxy) is 1. The molecule has 0 spiro atoms. The van der Waals surface area contributed by atoms with E-state index in [9.17, 15) is 9.18 Å². The zero-order valence-corrected chi connectivity index (χ0v) is 11.2. The standard InChI is InChI=1S/C14H19FN2O2/c1-9(2)19-7-3-6-16-13-11-8-10(15)4-5-12(11)17-14(13)18/h4-5,8-9,13,16H,3,6-7H2,1-2H3,(H,17,18). The molecule has 0 radical (unpaired) electrons. The van der Waals surface area contributed by atoms with Crippen molar-refractivity contribution < 1.29 is 13.9 Å². The fourth-order valence-corrected chi connectivity index (χ4v) is 2.07. The summed E-state index contributed by atoms with van der Waals surface area (Å²) in [4.78, 5) is 11.8. The maximum absolute atomic E-state index is 13.2. The second-order valence-electron chi connectivity index (χ2n) is 4.88. The van der Waals surface area contributed by atoms with Crippen LogP contribution < -0.4 is 10.6 Å². The molecule has 2 rings (SSSR count). The van der Waals surface area contributed by atoms with E-state index >= 15 is 0 Å². The third-order valence-electron chi connectivity index (χ3n) is 2.97. The van der Waals surface area contributed by atoms with Gasteiger partial charge in [-0.2, -0.15) is 0 Å². The van der Waals surface area contributed by atoms with E-state index in [2.05, 4.69) is 10.6 Å². The van der Waals surface area contributed by atoms with Crippen molar-refractivity contribution >= 4 is 11.6 Å². The van der Waals surface area contributed by atoms with E-state index in [4.69, 9.17) is 4.74 Å². The highest BCUT2D eigenvalue weighted by atomic mass is 19.1. The van der Waals surface area contributed by atoms with Crippen LogP contribution in [0.3, 0.4) is 0 Å². The molecule has 1 aromatic rings. The summed E-state index contributed by atoms with van der Waals surface area (Å²) in [6.07, 6.45) is 1.02. The Morgan fingerprint density at radius 2 is 2.26 bits per heavy atom. The van der Waals surface area contributed by atoms with Crippen molar-refractivity contribution in [3.05, 3.63) is 29.6 Å². The first kappa shape index (κ1) is 14.0.